The molecule has 0 fully saturated rings. The van der Waals surface area contributed by atoms with Crippen LogP contribution in [-0.4, -0.2) is 64.0 Å². The normalized spacial score (nSPS) is 12.7. The summed E-state index contributed by atoms with van der Waals surface area (Å²) in [6.45, 7) is 17.1. The molecule has 12 aromatic rings. The number of nitrogens with two attached hydrogens (primary N) is 3. The van der Waals surface area contributed by atoms with Crippen molar-refractivity contribution in [1.82, 2.24) is 64.0 Å². The molecule has 0 atom stereocenters. The van der Waals surface area contributed by atoms with Crippen molar-refractivity contribution in [3.63, 3.8) is 0 Å². The Kier molecular flexibility index (Phi) is 15.8. The van der Waals surface area contributed by atoms with E-state index >= 15 is 0 Å². The fourth-order valence-electron chi connectivity index (χ4n) is 12.0. The number of hydrogen-bond donors (Lipinski definition) is 3. The fraction of sp³-hybridized carbons (Fsp3) is 0.235. The van der Waals surface area contributed by atoms with Crippen molar-refractivity contribution in [3.05, 3.63) is 197 Å². The van der Waals surface area contributed by atoms with Crippen LogP contribution in [-0.2, 0) is 59.2 Å². The minimum Gasteiger partial charge on any atom is -0.485 e. The first-order chi connectivity index (χ1) is 43.6. The maximum absolute atomic E-state index is 9.72. The molecule has 3 aromatic carbocycles. The van der Waals surface area contributed by atoms with E-state index < -0.39 is 0 Å². The molecule has 0 saturated heterocycles. The zero-order valence-corrected chi connectivity index (χ0v) is 52.8. The first kappa shape index (κ1) is 58.5. The number of benzene rings is 3. The zero-order valence-electron chi connectivity index (χ0n) is 51.2. The summed E-state index contributed by atoms with van der Waals surface area (Å²) in [5.74, 6) is 2.72. The van der Waals surface area contributed by atoms with Crippen LogP contribution in [0, 0.1) is 45.9 Å². The number of nitrogen functional groups attached to an aromatic ring is 3. The highest BCUT2D eigenvalue weighted by Crippen LogP contribution is 2.41. The molecule has 452 valence electrons. The molecule has 0 amide bonds. The second-order valence-electron chi connectivity index (χ2n) is 22.5. The van der Waals surface area contributed by atoms with Gasteiger partial charge in [-0.05, 0) is 89.9 Å². The number of hydrogen-bond acceptors (Lipinski definition) is 18. The third kappa shape index (κ3) is 11.3. The number of nitrogens with zero attached hydrogens (tertiary/aromatic N) is 14. The summed E-state index contributed by atoms with van der Waals surface area (Å²) >= 11 is 3.40. The van der Waals surface area contributed by atoms with Crippen LogP contribution in [0.4, 0.5) is 17.5 Å². The maximum Gasteiger partial charge on any atom is 0.170 e. The van der Waals surface area contributed by atoms with Crippen LogP contribution in [0.3, 0.4) is 0 Å². The van der Waals surface area contributed by atoms with Crippen molar-refractivity contribution in [2.24, 2.45) is 7.05 Å². The Balaban J connectivity index is 0.000000124. The van der Waals surface area contributed by atoms with Crippen molar-refractivity contribution < 1.29 is 14.2 Å². The van der Waals surface area contributed by atoms with Crippen LogP contribution >= 0.6 is 22.7 Å². The number of anilines is 3. The minimum atomic E-state index is 0.309. The van der Waals surface area contributed by atoms with Gasteiger partial charge in [0.15, 0.2) is 40.4 Å². The van der Waals surface area contributed by atoms with Crippen LogP contribution in [0.25, 0.3) is 61.8 Å². The van der Waals surface area contributed by atoms with Gasteiger partial charge in [-0.1, -0.05) is 65.2 Å². The first-order valence-corrected chi connectivity index (χ1v) is 31.2. The molecule has 22 heteroatoms. The van der Waals surface area contributed by atoms with E-state index in [1.165, 1.54) is 16.0 Å². The van der Waals surface area contributed by atoms with Gasteiger partial charge in [0, 0.05) is 130 Å². The quantitative estimate of drug-likeness (QED) is 0.145. The highest BCUT2D eigenvalue weighted by atomic mass is 32.1. The summed E-state index contributed by atoms with van der Waals surface area (Å²) in [5.41, 5.74) is 40.3. The van der Waals surface area contributed by atoms with Crippen LogP contribution in [0.15, 0.2) is 116 Å². The van der Waals surface area contributed by atoms with Crippen molar-refractivity contribution >= 4 is 40.1 Å². The van der Waals surface area contributed by atoms with Crippen LogP contribution in [0.1, 0.15) is 95.2 Å². The number of aryl methyl sites for hydroxylation is 8. The van der Waals surface area contributed by atoms with Gasteiger partial charge in [-0.15, -0.1) is 22.7 Å². The molecule has 0 radical (unpaired) electrons. The smallest absolute Gasteiger partial charge is 0.170 e. The van der Waals surface area contributed by atoms with Gasteiger partial charge in [-0.25, -0.2) is 29.6 Å². The molecule has 6 N–H and O–H groups in total. The molecule has 90 heavy (non-hydrogen) atoms. The third-order valence-corrected chi connectivity index (χ3v) is 18.1. The second kappa shape index (κ2) is 24.2. The molecule has 15 rings (SSSR count). The first-order valence-electron chi connectivity index (χ1n) is 29.6. The van der Waals surface area contributed by atoms with E-state index in [2.05, 4.69) is 144 Å². The van der Waals surface area contributed by atoms with E-state index in [1.807, 2.05) is 64.8 Å². The lowest BCUT2D eigenvalue weighted by Crippen LogP contribution is -2.10. The lowest BCUT2D eigenvalue weighted by atomic mass is 9.98. The minimum absolute atomic E-state index is 0.309. The Morgan fingerprint density at radius 1 is 0.544 bits per heavy atom. The molecule has 3 aliphatic rings. The Bertz CT molecular complexity index is 4790. The van der Waals surface area contributed by atoms with E-state index in [9.17, 15) is 5.26 Å². The molecular formula is C68H65N17O3S2. The van der Waals surface area contributed by atoms with Gasteiger partial charge >= 0.3 is 0 Å². The van der Waals surface area contributed by atoms with Crippen LogP contribution < -0.4 is 31.4 Å². The maximum atomic E-state index is 9.72. The second-order valence-corrected chi connectivity index (χ2v) is 25.1. The summed E-state index contributed by atoms with van der Waals surface area (Å²) in [7, 11) is 1.86. The lowest BCUT2D eigenvalue weighted by Gasteiger charge is -2.17. The highest BCUT2D eigenvalue weighted by Gasteiger charge is 2.27. The monoisotopic (exact) mass is 1230 g/mol. The standard InChI is InChI=1S/C23H20N6OS.C23H23N5OS.C22H22N6O/c1-12-4-5-16-15(6-12)11-30-19-7-14(10-26-23(19)25)21-17(9-24)28-29(3)18(21)8-20-22(16)27-13(2)31-20;1-4-28-22-15-8-19(23(24)25-10-15)29-12-17-7-13(2)5-6-18(17)21-20(30-14(3)27-21)9-16(22)11-26-28;1-3-27-21-15(12-26-27)9-18-6-7-25-28(18)19-5-4-14(2)8-17(19)13-29-20-10-16(21)11-24-22(20)23/h4-7,10H,8,11H2,1-3H3,(H2,25,26);5-8,10-11H,4,9,12H2,1-3H3,(H2,24,25);4-8,10-12H,3,9,13H2,1-2H3,(H2,23,24). The molecular weight excluding hydrogens is 1170 g/mol. The topological polar surface area (TPSA) is 265 Å². The molecule has 0 saturated carbocycles. The number of rotatable bonds is 2. The molecule has 20 nitrogen and oxygen atoms in total. The number of ether oxygens (including phenoxy) is 3. The van der Waals surface area contributed by atoms with Gasteiger partial charge in [-0.2, -0.15) is 25.7 Å². The summed E-state index contributed by atoms with van der Waals surface area (Å²) in [4.78, 5) is 25.2. The number of fused-ring (bicyclic) bond motifs is 21. The van der Waals surface area contributed by atoms with Crippen molar-refractivity contribution in [3.8, 4) is 85.2 Å². The number of thiazole rings is 2. The largest absolute Gasteiger partial charge is 0.485 e. The Morgan fingerprint density at radius 3 is 1.56 bits per heavy atom. The average molecular weight is 1230 g/mol. The summed E-state index contributed by atoms with van der Waals surface area (Å²) < 4.78 is 26.2. The van der Waals surface area contributed by atoms with Gasteiger partial charge < -0.3 is 31.4 Å². The van der Waals surface area contributed by atoms with Crippen molar-refractivity contribution in [2.75, 3.05) is 17.2 Å². The average Bonchev–Trinajstić information content (AvgIpc) is 1.69. The third-order valence-electron chi connectivity index (χ3n) is 16.2. The molecule has 12 heterocycles. The Labute approximate surface area is 528 Å². The zero-order chi connectivity index (χ0) is 62.5. The SMILES string of the molecule is CCn1ncc2c1-c1cnc(N)c(c1)OCc1cc(C)ccc1-c1nc(C)sc1C2.CCn1ncc2c1-c1cnc(N)c(c1)OCc1cc(C)ccc1-n1nccc1C2.Cc1ccc2c(c1)COc1cc(cnc1N)-c1c(C#N)nn(C)c1Cc1sc(C)nc1-2. The Morgan fingerprint density at radius 2 is 1.02 bits per heavy atom. The van der Waals surface area contributed by atoms with Crippen LogP contribution in [0.2, 0.25) is 0 Å². The molecule has 6 bridgehead atoms. The molecule has 0 spiro atoms. The number of pyridine rings is 3. The number of aromatic nitrogens is 13. The molecule has 0 unspecified atom stereocenters. The summed E-state index contributed by atoms with van der Waals surface area (Å²) in [6.07, 6.45) is 13.1. The summed E-state index contributed by atoms with van der Waals surface area (Å²) in [6, 6.07) is 29.1. The highest BCUT2D eigenvalue weighted by molar-refractivity contribution is 7.12. The fourth-order valence-corrected chi connectivity index (χ4v) is 13.9. The predicted molar refractivity (Wildman–Crippen MR) is 350 cm³/mol. The van der Waals surface area contributed by atoms with E-state index in [4.69, 9.17) is 41.4 Å². The number of nitriles is 1. The van der Waals surface area contributed by atoms with E-state index in [1.54, 1.807) is 45.9 Å². The molecule has 9 aromatic heterocycles. The van der Waals surface area contributed by atoms with Gasteiger partial charge in [0.05, 0.1) is 56.6 Å². The predicted octanol–water partition coefficient (Wildman–Crippen LogP) is 12.5. The molecule has 0 aliphatic carbocycles. The van der Waals surface area contributed by atoms with Gasteiger partial charge in [0.25, 0.3) is 0 Å². The van der Waals surface area contributed by atoms with E-state index in [0.717, 1.165) is 141 Å². The van der Waals surface area contributed by atoms with Gasteiger partial charge in [0.1, 0.15) is 25.9 Å². The van der Waals surface area contributed by atoms with E-state index in [-0.39, 0.29) is 0 Å². The van der Waals surface area contributed by atoms with Gasteiger partial charge in [-0.3, -0.25) is 14.0 Å². The van der Waals surface area contributed by atoms with Gasteiger partial charge in [0.2, 0.25) is 0 Å². The summed E-state index contributed by atoms with van der Waals surface area (Å²) in [5, 5.41) is 30.0. The molecule has 3 aliphatic heterocycles. The van der Waals surface area contributed by atoms with Crippen molar-refractivity contribution in [1.29, 1.82) is 5.26 Å². The Hall–Kier alpha value is -10.5. The van der Waals surface area contributed by atoms with Crippen molar-refractivity contribution in [2.45, 2.75) is 101 Å². The van der Waals surface area contributed by atoms with E-state index in [0.29, 0.717) is 73.1 Å². The van der Waals surface area contributed by atoms with Crippen LogP contribution in [0.5, 0.6) is 17.2 Å². The lowest BCUT2D eigenvalue weighted by molar-refractivity contribution is 0.306.